The van der Waals surface area contributed by atoms with Crippen molar-refractivity contribution in [3.8, 4) is 0 Å². The number of fused-ring (bicyclic) bond motifs is 1. The minimum atomic E-state index is -0.0715. The van der Waals surface area contributed by atoms with Gasteiger partial charge in [0.1, 0.15) is 0 Å². The minimum Gasteiger partial charge on any atom is -0.374 e. The van der Waals surface area contributed by atoms with Crippen LogP contribution in [0.3, 0.4) is 0 Å². The largest absolute Gasteiger partial charge is 0.374 e. The van der Waals surface area contributed by atoms with Gasteiger partial charge in [0.05, 0.1) is 34.6 Å². The van der Waals surface area contributed by atoms with Gasteiger partial charge in [-0.25, -0.2) is 4.98 Å². The van der Waals surface area contributed by atoms with Crippen molar-refractivity contribution in [1.82, 2.24) is 20.5 Å². The molecule has 2 aliphatic rings. The summed E-state index contributed by atoms with van der Waals surface area (Å²) in [7, 11) is 0. The van der Waals surface area contributed by atoms with Crippen LogP contribution in [-0.4, -0.2) is 72.4 Å². The van der Waals surface area contributed by atoms with E-state index in [9.17, 15) is 9.59 Å². The summed E-state index contributed by atoms with van der Waals surface area (Å²) in [4.78, 5) is 32.2. The summed E-state index contributed by atoms with van der Waals surface area (Å²) in [6.07, 6.45) is 2.10. The zero-order chi connectivity index (χ0) is 22.5. The van der Waals surface area contributed by atoms with Gasteiger partial charge in [-0.15, -0.1) is 0 Å². The molecule has 172 valence electrons. The minimum absolute atomic E-state index is 0.0213. The lowest BCUT2D eigenvalue weighted by atomic mass is 10.1. The SMILES string of the molecule is CC(C)CN1CCO[C@H](CNC(=O)CSc2cc(C(=O)NC3CC3)c3ccccc3n2)C1. The van der Waals surface area contributed by atoms with Gasteiger partial charge < -0.3 is 15.4 Å². The molecule has 0 spiro atoms. The first-order chi connectivity index (χ1) is 15.5. The Balaban J connectivity index is 1.32. The van der Waals surface area contributed by atoms with Gasteiger partial charge in [0, 0.05) is 37.6 Å². The number of carbonyl (C=O) groups is 2. The van der Waals surface area contributed by atoms with Gasteiger partial charge in [-0.1, -0.05) is 43.8 Å². The van der Waals surface area contributed by atoms with E-state index in [2.05, 4.69) is 34.4 Å². The molecular weight excluding hydrogens is 424 g/mol. The Labute approximate surface area is 193 Å². The molecule has 1 aliphatic carbocycles. The van der Waals surface area contributed by atoms with Crippen molar-refractivity contribution in [2.75, 3.05) is 38.5 Å². The summed E-state index contributed by atoms with van der Waals surface area (Å²) in [6, 6.07) is 9.72. The number of rotatable bonds is 9. The molecule has 0 unspecified atom stereocenters. The second kappa shape index (κ2) is 10.6. The molecule has 2 heterocycles. The van der Waals surface area contributed by atoms with Crippen LogP contribution in [0.25, 0.3) is 10.9 Å². The van der Waals surface area contributed by atoms with Gasteiger partial charge in [0.25, 0.3) is 5.91 Å². The molecule has 2 fully saturated rings. The number of pyridine rings is 1. The normalized spacial score (nSPS) is 19.3. The number of benzene rings is 1. The number of carbonyl (C=O) groups excluding carboxylic acids is 2. The van der Waals surface area contributed by atoms with Crippen LogP contribution in [0.5, 0.6) is 0 Å². The zero-order valence-corrected chi connectivity index (χ0v) is 19.6. The Morgan fingerprint density at radius 3 is 2.88 bits per heavy atom. The molecule has 1 aromatic carbocycles. The summed E-state index contributed by atoms with van der Waals surface area (Å²) in [5.41, 5.74) is 1.38. The van der Waals surface area contributed by atoms with E-state index in [1.165, 1.54) is 11.8 Å². The Kier molecular flexibility index (Phi) is 7.65. The van der Waals surface area contributed by atoms with Crippen LogP contribution in [0.2, 0.25) is 0 Å². The number of aromatic nitrogens is 1. The second-order valence-corrected chi connectivity index (χ2v) is 10.0. The van der Waals surface area contributed by atoms with Crippen LogP contribution in [-0.2, 0) is 9.53 Å². The van der Waals surface area contributed by atoms with Crippen molar-refractivity contribution in [3.05, 3.63) is 35.9 Å². The Morgan fingerprint density at radius 2 is 2.09 bits per heavy atom. The fraction of sp³-hybridized carbons (Fsp3) is 0.542. The molecule has 0 radical (unpaired) electrons. The van der Waals surface area contributed by atoms with Gasteiger partial charge in [0.2, 0.25) is 5.91 Å². The number of para-hydroxylation sites is 1. The van der Waals surface area contributed by atoms with Crippen LogP contribution in [0.1, 0.15) is 37.0 Å². The molecule has 4 rings (SSSR count). The topological polar surface area (TPSA) is 83.6 Å². The molecule has 7 nitrogen and oxygen atoms in total. The summed E-state index contributed by atoms with van der Waals surface area (Å²) < 4.78 is 5.81. The van der Waals surface area contributed by atoms with Gasteiger partial charge in [-0.3, -0.25) is 14.5 Å². The van der Waals surface area contributed by atoms with Gasteiger partial charge >= 0.3 is 0 Å². The third-order valence-corrected chi connectivity index (χ3v) is 6.49. The molecule has 2 aromatic rings. The monoisotopic (exact) mass is 456 g/mol. The number of hydrogen-bond donors (Lipinski definition) is 2. The lowest BCUT2D eigenvalue weighted by Gasteiger charge is -2.33. The smallest absolute Gasteiger partial charge is 0.252 e. The van der Waals surface area contributed by atoms with Crippen molar-refractivity contribution >= 4 is 34.5 Å². The predicted octanol–water partition coefficient (Wildman–Crippen LogP) is 2.69. The van der Waals surface area contributed by atoms with E-state index in [4.69, 9.17) is 4.74 Å². The average molecular weight is 457 g/mol. The lowest BCUT2D eigenvalue weighted by Crippen LogP contribution is -2.48. The predicted molar refractivity (Wildman–Crippen MR) is 127 cm³/mol. The number of amides is 2. The number of ether oxygens (including phenoxy) is 1. The summed E-state index contributed by atoms with van der Waals surface area (Å²) in [6.45, 7) is 8.48. The first-order valence-electron chi connectivity index (χ1n) is 11.4. The highest BCUT2D eigenvalue weighted by atomic mass is 32.2. The molecule has 32 heavy (non-hydrogen) atoms. The number of thioether (sulfide) groups is 1. The van der Waals surface area contributed by atoms with E-state index in [-0.39, 0.29) is 29.7 Å². The third kappa shape index (κ3) is 6.43. The quantitative estimate of drug-likeness (QED) is 0.565. The zero-order valence-electron chi connectivity index (χ0n) is 18.8. The highest BCUT2D eigenvalue weighted by molar-refractivity contribution is 7.99. The van der Waals surface area contributed by atoms with E-state index in [0.29, 0.717) is 29.7 Å². The standard InChI is InChI=1S/C24H32N4O3S/c1-16(2)13-28-9-10-31-18(14-28)12-25-22(29)15-32-23-11-20(24(30)26-17-7-8-17)19-5-3-4-6-21(19)27-23/h3-6,11,16-18H,7-10,12-15H2,1-2H3,(H,25,29)(H,26,30)/t18-/m1/s1. The fourth-order valence-corrected chi connectivity index (χ4v) is 4.65. The summed E-state index contributed by atoms with van der Waals surface area (Å²) in [5, 5.41) is 7.55. The van der Waals surface area contributed by atoms with E-state index >= 15 is 0 Å². The fourth-order valence-electron chi connectivity index (χ4n) is 3.91. The molecule has 1 aliphatic heterocycles. The number of morpholine rings is 1. The first-order valence-corrected chi connectivity index (χ1v) is 12.4. The highest BCUT2D eigenvalue weighted by Gasteiger charge is 2.25. The molecule has 0 bridgehead atoms. The Morgan fingerprint density at radius 1 is 1.28 bits per heavy atom. The van der Waals surface area contributed by atoms with E-state index in [1.54, 1.807) is 6.07 Å². The van der Waals surface area contributed by atoms with Crippen molar-refractivity contribution in [3.63, 3.8) is 0 Å². The first kappa shape index (κ1) is 23.0. The number of nitrogens with zero attached hydrogens (tertiary/aromatic N) is 2. The van der Waals surface area contributed by atoms with Crippen molar-refractivity contribution in [2.24, 2.45) is 5.92 Å². The number of nitrogens with one attached hydrogen (secondary N) is 2. The third-order valence-electron chi connectivity index (χ3n) is 5.57. The van der Waals surface area contributed by atoms with Crippen LogP contribution in [0.4, 0.5) is 0 Å². The number of hydrogen-bond acceptors (Lipinski definition) is 6. The molecule has 8 heteroatoms. The molecule has 1 aromatic heterocycles. The summed E-state index contributed by atoms with van der Waals surface area (Å²) in [5.74, 6) is 0.735. The van der Waals surface area contributed by atoms with E-state index in [0.717, 1.165) is 43.4 Å². The van der Waals surface area contributed by atoms with Crippen molar-refractivity contribution < 1.29 is 14.3 Å². The molecule has 2 N–H and O–H groups in total. The van der Waals surface area contributed by atoms with Crippen LogP contribution >= 0.6 is 11.8 Å². The maximum absolute atomic E-state index is 12.7. The van der Waals surface area contributed by atoms with Crippen LogP contribution in [0.15, 0.2) is 35.4 Å². The summed E-state index contributed by atoms with van der Waals surface area (Å²) >= 11 is 1.35. The van der Waals surface area contributed by atoms with E-state index in [1.807, 2.05) is 24.3 Å². The van der Waals surface area contributed by atoms with Gasteiger partial charge in [-0.05, 0) is 30.9 Å². The molecule has 2 amide bonds. The van der Waals surface area contributed by atoms with E-state index < -0.39 is 0 Å². The van der Waals surface area contributed by atoms with Crippen molar-refractivity contribution in [2.45, 2.75) is 43.9 Å². The Bertz CT molecular complexity index is 963. The highest BCUT2D eigenvalue weighted by Crippen LogP contribution is 2.26. The van der Waals surface area contributed by atoms with Gasteiger partial charge in [0.15, 0.2) is 0 Å². The molecule has 1 atom stereocenters. The Hall–Kier alpha value is -2.16. The van der Waals surface area contributed by atoms with Gasteiger partial charge in [-0.2, -0.15) is 0 Å². The average Bonchev–Trinajstić information content (AvgIpc) is 3.59. The molecule has 1 saturated heterocycles. The van der Waals surface area contributed by atoms with Crippen LogP contribution in [0, 0.1) is 5.92 Å². The van der Waals surface area contributed by atoms with Crippen molar-refractivity contribution in [1.29, 1.82) is 0 Å². The molecule has 1 saturated carbocycles. The lowest BCUT2D eigenvalue weighted by molar-refractivity contribution is -0.119. The maximum Gasteiger partial charge on any atom is 0.252 e. The molecular formula is C24H32N4O3S. The second-order valence-electron chi connectivity index (χ2n) is 9.01. The van der Waals surface area contributed by atoms with Crippen LogP contribution < -0.4 is 10.6 Å². The maximum atomic E-state index is 12.7.